The number of aromatic hydroxyl groups is 1. The van der Waals surface area contributed by atoms with Gasteiger partial charge in [0.25, 0.3) is 5.91 Å². The minimum atomic E-state index is -1.18. The molecule has 2 heterocycles. The van der Waals surface area contributed by atoms with Crippen LogP contribution < -0.4 is 16.4 Å². The number of thiophene rings is 1. The number of aromatic nitrogens is 1. The molecule has 0 saturated carbocycles. The summed E-state index contributed by atoms with van der Waals surface area (Å²) >= 11 is 1.27. The summed E-state index contributed by atoms with van der Waals surface area (Å²) in [4.78, 5) is 29.0. The van der Waals surface area contributed by atoms with Gasteiger partial charge < -0.3 is 16.2 Å². The van der Waals surface area contributed by atoms with Gasteiger partial charge in [0.1, 0.15) is 23.0 Å². The number of phenolic OH excluding ortho intramolecular Hbond substituents is 1. The van der Waals surface area contributed by atoms with Gasteiger partial charge in [-0.15, -0.1) is 23.7 Å². The van der Waals surface area contributed by atoms with Gasteiger partial charge in [0.05, 0.1) is 10.6 Å². The summed E-state index contributed by atoms with van der Waals surface area (Å²) in [5, 5.41) is 28.0. The Labute approximate surface area is 224 Å². The second-order valence-corrected chi connectivity index (χ2v) is 9.24. The lowest BCUT2D eigenvalue weighted by molar-refractivity contribution is -0.112. The number of phenols is 1. The minimum absolute atomic E-state index is 0. The molecule has 2 aromatic heterocycles. The zero-order chi connectivity index (χ0) is 25.7. The highest BCUT2D eigenvalue weighted by Crippen LogP contribution is 2.35. The van der Waals surface area contributed by atoms with Crippen LogP contribution in [0, 0.1) is 11.3 Å². The number of nitrogens with one attached hydrogen (secondary N) is 2. The van der Waals surface area contributed by atoms with Gasteiger partial charge >= 0.3 is 0 Å². The first-order chi connectivity index (χ1) is 17.3. The normalized spacial score (nSPS) is 12.0. The molecule has 5 N–H and O–H groups in total. The Morgan fingerprint density at radius 3 is 2.62 bits per heavy atom. The van der Waals surface area contributed by atoms with Crippen molar-refractivity contribution in [2.45, 2.75) is 19.1 Å². The van der Waals surface area contributed by atoms with Crippen molar-refractivity contribution in [3.8, 4) is 34.2 Å². The lowest BCUT2D eigenvalue weighted by atomic mass is 9.96. The van der Waals surface area contributed by atoms with Crippen LogP contribution in [-0.2, 0) is 11.3 Å². The molecule has 0 aliphatic heterocycles. The summed E-state index contributed by atoms with van der Waals surface area (Å²) in [6.45, 7) is 1.89. The van der Waals surface area contributed by atoms with Crippen molar-refractivity contribution in [1.29, 1.82) is 5.26 Å². The molecule has 0 aliphatic rings. The largest absolute Gasteiger partial charge is 0.507 e. The van der Waals surface area contributed by atoms with Crippen molar-refractivity contribution in [3.63, 3.8) is 0 Å². The second kappa shape index (κ2) is 11.8. The molecule has 0 radical (unpaired) electrons. The predicted octanol–water partition coefficient (Wildman–Crippen LogP) is 4.69. The Kier molecular flexibility index (Phi) is 8.76. The van der Waals surface area contributed by atoms with Crippen LogP contribution in [0.3, 0.4) is 0 Å². The fourth-order valence-electron chi connectivity index (χ4n) is 3.56. The monoisotopic (exact) mass is 533 g/mol. The summed E-state index contributed by atoms with van der Waals surface area (Å²) in [6.07, 6.45) is 0.634. The molecule has 4 rings (SSSR count). The Morgan fingerprint density at radius 1 is 1.16 bits per heavy atom. The van der Waals surface area contributed by atoms with Gasteiger partial charge in [0, 0.05) is 17.7 Å². The number of benzene rings is 2. The first-order valence-corrected chi connectivity index (χ1v) is 11.9. The average molecular weight is 534 g/mol. The van der Waals surface area contributed by atoms with E-state index in [-0.39, 0.29) is 35.4 Å². The van der Waals surface area contributed by atoms with Gasteiger partial charge in [0.2, 0.25) is 0 Å². The van der Waals surface area contributed by atoms with E-state index in [4.69, 9.17) is 5.73 Å². The highest BCUT2D eigenvalue weighted by atomic mass is 35.5. The minimum Gasteiger partial charge on any atom is -0.507 e. The number of pyridine rings is 1. The van der Waals surface area contributed by atoms with Crippen LogP contribution in [0.4, 0.5) is 5.82 Å². The molecule has 37 heavy (non-hydrogen) atoms. The third kappa shape index (κ3) is 6.39. The van der Waals surface area contributed by atoms with Crippen molar-refractivity contribution >= 4 is 41.8 Å². The molecule has 0 unspecified atom stereocenters. The van der Waals surface area contributed by atoms with Gasteiger partial charge in [-0.3, -0.25) is 14.9 Å². The van der Waals surface area contributed by atoms with E-state index in [9.17, 15) is 20.0 Å². The summed E-state index contributed by atoms with van der Waals surface area (Å²) in [7, 11) is 0. The second-order valence-electron chi connectivity index (χ2n) is 8.29. The zero-order valence-electron chi connectivity index (χ0n) is 19.8. The molecular weight excluding hydrogens is 510 g/mol. The molecular formula is C27H24ClN5O3S. The molecule has 4 aromatic rings. The zero-order valence-corrected chi connectivity index (χ0v) is 21.4. The van der Waals surface area contributed by atoms with Crippen LogP contribution in [0.1, 0.15) is 27.7 Å². The molecule has 0 fully saturated rings. The molecule has 8 nitrogen and oxygen atoms in total. The van der Waals surface area contributed by atoms with E-state index in [1.807, 2.05) is 24.3 Å². The quantitative estimate of drug-likeness (QED) is 0.190. The number of rotatable bonds is 8. The number of nitrogens with zero attached hydrogens (tertiary/aromatic N) is 2. The van der Waals surface area contributed by atoms with Crippen LogP contribution in [0.25, 0.3) is 22.4 Å². The fourth-order valence-corrected chi connectivity index (χ4v) is 4.18. The molecule has 1 amide bonds. The van der Waals surface area contributed by atoms with Crippen LogP contribution in [0.15, 0.2) is 72.1 Å². The van der Waals surface area contributed by atoms with Crippen molar-refractivity contribution in [2.75, 3.05) is 5.32 Å². The predicted molar refractivity (Wildman–Crippen MR) is 147 cm³/mol. The number of para-hydroxylation sites is 1. The molecule has 0 saturated heterocycles. The Bertz CT molecular complexity index is 1470. The lowest BCUT2D eigenvalue weighted by Crippen LogP contribution is -2.51. The van der Waals surface area contributed by atoms with Gasteiger partial charge in [-0.2, -0.15) is 5.26 Å². The highest BCUT2D eigenvalue weighted by molar-refractivity contribution is 7.12. The number of nitriles is 1. The maximum absolute atomic E-state index is 12.8. The Balaban J connectivity index is 0.00000380. The third-order valence-electron chi connectivity index (χ3n) is 5.44. The Hall–Kier alpha value is -4.07. The summed E-state index contributed by atoms with van der Waals surface area (Å²) in [5.74, 6) is -0.278. The number of hydrogen-bond acceptors (Lipinski definition) is 8. The molecule has 0 bridgehead atoms. The van der Waals surface area contributed by atoms with Gasteiger partial charge in [-0.1, -0.05) is 36.4 Å². The maximum Gasteiger partial charge on any atom is 0.266 e. The lowest BCUT2D eigenvalue weighted by Gasteiger charge is -2.19. The Morgan fingerprint density at radius 2 is 1.95 bits per heavy atom. The summed E-state index contributed by atoms with van der Waals surface area (Å²) in [5.41, 5.74) is 7.78. The molecule has 0 spiro atoms. The molecule has 2 aromatic carbocycles. The summed E-state index contributed by atoms with van der Waals surface area (Å²) < 4.78 is 0. The van der Waals surface area contributed by atoms with Gasteiger partial charge in [-0.25, -0.2) is 4.98 Å². The molecule has 0 aliphatic carbocycles. The number of carbonyl (C=O) groups excluding carboxylic acids is 2. The van der Waals surface area contributed by atoms with Gasteiger partial charge in [0.15, 0.2) is 12.1 Å². The SMILES string of the molecule is C[C@@](N)(C=O)NCc1cccc(-c2cc(-c3ccccc3O)nc(NC(=O)c3cccs3)c2C#N)c1.Cl. The van der Waals surface area contributed by atoms with Crippen LogP contribution in [-0.4, -0.2) is 27.9 Å². The number of hydrogen-bond donors (Lipinski definition) is 4. The first-order valence-electron chi connectivity index (χ1n) is 11.0. The molecule has 188 valence electrons. The summed E-state index contributed by atoms with van der Waals surface area (Å²) in [6, 6.07) is 21.4. The number of anilines is 1. The highest BCUT2D eigenvalue weighted by Gasteiger charge is 2.20. The molecule has 10 heteroatoms. The van der Waals surface area contributed by atoms with Crippen molar-refractivity contribution in [3.05, 3.63) is 88.1 Å². The van der Waals surface area contributed by atoms with E-state index in [1.54, 1.807) is 54.8 Å². The van der Waals surface area contributed by atoms with Gasteiger partial charge in [-0.05, 0) is 53.8 Å². The maximum atomic E-state index is 12.8. The van der Waals surface area contributed by atoms with Crippen LogP contribution in [0.2, 0.25) is 0 Å². The van der Waals surface area contributed by atoms with Crippen molar-refractivity contribution in [1.82, 2.24) is 10.3 Å². The average Bonchev–Trinajstić information content (AvgIpc) is 3.43. The van der Waals surface area contributed by atoms with E-state index in [0.717, 1.165) is 5.56 Å². The van der Waals surface area contributed by atoms with E-state index in [0.29, 0.717) is 40.1 Å². The molecule has 1 atom stereocenters. The fraction of sp³-hybridized carbons (Fsp3) is 0.111. The standard InChI is InChI=1S/C27H23N5O3S.ClH/c1-27(29,16-33)30-15-17-6-4-7-18(12-17)20-13-22(19-8-2-3-9-23(19)34)31-25(21(20)14-28)32-26(35)24-10-5-11-36-24;/h2-13,16,30,34H,15,29H2,1H3,(H,31,32,35);1H/t27-;/m0./s1. The van der Waals surface area contributed by atoms with Crippen molar-refractivity contribution < 1.29 is 14.7 Å². The topological polar surface area (TPSA) is 141 Å². The van der Waals surface area contributed by atoms with E-state index in [2.05, 4.69) is 21.7 Å². The van der Waals surface area contributed by atoms with E-state index >= 15 is 0 Å². The van der Waals surface area contributed by atoms with E-state index in [1.165, 1.54) is 11.3 Å². The van der Waals surface area contributed by atoms with E-state index < -0.39 is 5.66 Å². The van der Waals surface area contributed by atoms with Crippen molar-refractivity contribution in [2.24, 2.45) is 5.73 Å². The number of aldehydes is 1. The number of nitrogens with two attached hydrogens (primary N) is 1. The number of halogens is 1. The number of carbonyl (C=O) groups is 2. The van der Waals surface area contributed by atoms with Crippen LogP contribution in [0.5, 0.6) is 5.75 Å². The first kappa shape index (κ1) is 27.5. The van der Waals surface area contributed by atoms with Crippen LogP contribution >= 0.6 is 23.7 Å². The smallest absolute Gasteiger partial charge is 0.266 e. The third-order valence-corrected chi connectivity index (χ3v) is 6.31. The number of amides is 1.